The van der Waals surface area contributed by atoms with Gasteiger partial charge in [-0.3, -0.25) is 26.6 Å². The Morgan fingerprint density at radius 3 is 2.20 bits per heavy atom. The Morgan fingerprint density at radius 2 is 1.73 bits per heavy atom. The summed E-state index contributed by atoms with van der Waals surface area (Å²) < 4.78 is 0. The number of imide groups is 1. The second kappa shape index (κ2) is 5.63. The first kappa shape index (κ1) is 11.9. The Bertz CT molecular complexity index is 280. The van der Waals surface area contributed by atoms with Gasteiger partial charge in [0.05, 0.1) is 0 Å². The van der Waals surface area contributed by atoms with Gasteiger partial charge in [0.15, 0.2) is 0 Å². The minimum absolute atomic E-state index is 0.170. The lowest BCUT2D eigenvalue weighted by Gasteiger charge is -2.21. The van der Waals surface area contributed by atoms with E-state index < -0.39 is 0 Å². The van der Waals surface area contributed by atoms with Crippen LogP contribution in [-0.4, -0.2) is 11.8 Å². The molecule has 2 aliphatic rings. The van der Waals surface area contributed by atoms with Gasteiger partial charge in [-0.2, -0.15) is 0 Å². The zero-order valence-corrected chi connectivity index (χ0v) is 8.66. The molecule has 0 aromatic carbocycles. The highest BCUT2D eigenvalue weighted by Gasteiger charge is 2.28. The van der Waals surface area contributed by atoms with Crippen molar-refractivity contribution in [1.29, 1.82) is 0 Å². The molecule has 1 saturated carbocycles. The second-order valence-corrected chi connectivity index (χ2v) is 3.75. The van der Waals surface area contributed by atoms with Crippen molar-refractivity contribution in [2.45, 2.75) is 32.1 Å². The molecule has 5 N–H and O–H groups in total. The summed E-state index contributed by atoms with van der Waals surface area (Å²) in [6.07, 6.45) is 7.23. The molecule has 0 radical (unpaired) electrons. The molecule has 0 atom stereocenters. The SMILES string of the molecule is NN.O=C1C=C(C2CCCCC2)C(=O)N1. The van der Waals surface area contributed by atoms with Crippen LogP contribution in [0.25, 0.3) is 0 Å². The monoisotopic (exact) mass is 211 g/mol. The summed E-state index contributed by atoms with van der Waals surface area (Å²) in [5.74, 6) is 7.92. The highest BCUT2D eigenvalue weighted by atomic mass is 16.2. The van der Waals surface area contributed by atoms with Gasteiger partial charge < -0.3 is 0 Å². The number of carbonyl (C=O) groups excluding carboxylic acids is 2. The maximum absolute atomic E-state index is 11.3. The van der Waals surface area contributed by atoms with E-state index in [0.29, 0.717) is 11.5 Å². The van der Waals surface area contributed by atoms with Crippen LogP contribution in [0.1, 0.15) is 32.1 Å². The Balaban J connectivity index is 0.000000531. The minimum atomic E-state index is -0.245. The zero-order chi connectivity index (χ0) is 11.3. The standard InChI is InChI=1S/C10H13NO2.H4N2/c12-9-6-8(10(13)11-9)7-4-2-1-3-5-7;1-2/h6-7H,1-5H2,(H,11,12,13);1-2H2. The third kappa shape index (κ3) is 2.87. The fraction of sp³-hybridized carbons (Fsp3) is 0.600. The molecule has 1 heterocycles. The van der Waals surface area contributed by atoms with Crippen LogP contribution >= 0.6 is 0 Å². The summed E-state index contributed by atoms with van der Waals surface area (Å²) in [5.41, 5.74) is 0.713. The second-order valence-electron chi connectivity index (χ2n) is 3.75. The van der Waals surface area contributed by atoms with Gasteiger partial charge >= 0.3 is 0 Å². The molecule has 0 saturated heterocycles. The van der Waals surface area contributed by atoms with E-state index >= 15 is 0 Å². The number of amides is 2. The van der Waals surface area contributed by atoms with Crippen LogP contribution in [-0.2, 0) is 9.59 Å². The van der Waals surface area contributed by atoms with E-state index in [1.807, 2.05) is 0 Å². The van der Waals surface area contributed by atoms with E-state index in [0.717, 1.165) is 12.8 Å². The maximum Gasteiger partial charge on any atom is 0.254 e. The quantitative estimate of drug-likeness (QED) is 0.322. The van der Waals surface area contributed by atoms with E-state index in [4.69, 9.17) is 0 Å². The van der Waals surface area contributed by atoms with Crippen LogP contribution in [0.5, 0.6) is 0 Å². The molecule has 1 aliphatic carbocycles. The smallest absolute Gasteiger partial charge is 0.254 e. The predicted molar refractivity (Wildman–Crippen MR) is 56.2 cm³/mol. The maximum atomic E-state index is 11.3. The molecule has 0 spiro atoms. The largest absolute Gasteiger partial charge is 0.289 e. The molecule has 0 unspecified atom stereocenters. The number of rotatable bonds is 1. The van der Waals surface area contributed by atoms with Crippen LogP contribution in [0.4, 0.5) is 0 Å². The van der Waals surface area contributed by atoms with Gasteiger partial charge in [-0.25, -0.2) is 0 Å². The minimum Gasteiger partial charge on any atom is -0.289 e. The molecule has 0 bridgehead atoms. The molecule has 1 fully saturated rings. The van der Waals surface area contributed by atoms with Crippen LogP contribution in [0, 0.1) is 5.92 Å². The van der Waals surface area contributed by atoms with E-state index in [-0.39, 0.29) is 11.8 Å². The molecule has 0 aromatic heterocycles. The summed E-state index contributed by atoms with van der Waals surface area (Å²) in [5, 5.41) is 2.29. The van der Waals surface area contributed by atoms with Crippen LogP contribution in [0.2, 0.25) is 0 Å². The molecule has 5 heteroatoms. The van der Waals surface area contributed by atoms with Gasteiger partial charge in [-0.05, 0) is 18.8 Å². The fourth-order valence-corrected chi connectivity index (χ4v) is 2.14. The molecule has 2 amide bonds. The van der Waals surface area contributed by atoms with Gasteiger partial charge in [0.1, 0.15) is 0 Å². The predicted octanol–water partition coefficient (Wildman–Crippen LogP) is -0.0317. The average molecular weight is 211 g/mol. The third-order valence-corrected chi connectivity index (χ3v) is 2.83. The number of hydrazine groups is 1. The molecule has 0 aromatic rings. The van der Waals surface area contributed by atoms with Crippen LogP contribution in [0.15, 0.2) is 11.6 Å². The molecule has 15 heavy (non-hydrogen) atoms. The lowest BCUT2D eigenvalue weighted by Crippen LogP contribution is -2.24. The topological polar surface area (TPSA) is 98.2 Å². The van der Waals surface area contributed by atoms with Gasteiger partial charge in [-0.1, -0.05) is 19.3 Å². The van der Waals surface area contributed by atoms with Crippen molar-refractivity contribution in [2.24, 2.45) is 17.6 Å². The van der Waals surface area contributed by atoms with E-state index in [2.05, 4.69) is 17.0 Å². The lowest BCUT2D eigenvalue weighted by atomic mass is 9.84. The highest BCUT2D eigenvalue weighted by Crippen LogP contribution is 2.30. The summed E-state index contributed by atoms with van der Waals surface area (Å²) in [6.45, 7) is 0. The number of carbonyl (C=O) groups is 2. The van der Waals surface area contributed by atoms with Gasteiger partial charge in [0.2, 0.25) is 0 Å². The molecule has 84 valence electrons. The summed E-state index contributed by atoms with van der Waals surface area (Å²) in [4.78, 5) is 22.2. The normalized spacial score (nSPS) is 21.6. The van der Waals surface area contributed by atoms with Crippen LogP contribution in [0.3, 0.4) is 0 Å². The van der Waals surface area contributed by atoms with Crippen molar-refractivity contribution in [1.82, 2.24) is 5.32 Å². The van der Waals surface area contributed by atoms with E-state index in [1.165, 1.54) is 25.3 Å². The molecule has 1 aliphatic heterocycles. The number of hydrogen-bond acceptors (Lipinski definition) is 4. The summed E-state index contributed by atoms with van der Waals surface area (Å²) in [6, 6.07) is 0. The fourth-order valence-electron chi connectivity index (χ4n) is 2.14. The van der Waals surface area contributed by atoms with Gasteiger partial charge in [0, 0.05) is 11.6 Å². The van der Waals surface area contributed by atoms with Gasteiger partial charge in [0.25, 0.3) is 11.8 Å². The molecular weight excluding hydrogens is 194 g/mol. The number of nitrogens with one attached hydrogen (secondary N) is 1. The Labute approximate surface area is 88.9 Å². The van der Waals surface area contributed by atoms with Crippen molar-refractivity contribution >= 4 is 11.8 Å². The zero-order valence-electron chi connectivity index (χ0n) is 8.66. The summed E-state index contributed by atoms with van der Waals surface area (Å²) >= 11 is 0. The van der Waals surface area contributed by atoms with E-state index in [9.17, 15) is 9.59 Å². The Hall–Kier alpha value is -1.20. The van der Waals surface area contributed by atoms with Crippen molar-refractivity contribution in [3.05, 3.63) is 11.6 Å². The Morgan fingerprint density at radius 1 is 1.13 bits per heavy atom. The lowest BCUT2D eigenvalue weighted by molar-refractivity contribution is -0.124. The van der Waals surface area contributed by atoms with Crippen molar-refractivity contribution in [3.63, 3.8) is 0 Å². The number of hydrogen-bond donors (Lipinski definition) is 3. The average Bonchev–Trinajstić information content (AvgIpc) is 2.62. The number of nitrogens with two attached hydrogens (primary N) is 2. The Kier molecular flexibility index (Phi) is 4.45. The third-order valence-electron chi connectivity index (χ3n) is 2.83. The molecule has 5 nitrogen and oxygen atoms in total. The van der Waals surface area contributed by atoms with Crippen molar-refractivity contribution < 1.29 is 9.59 Å². The van der Waals surface area contributed by atoms with Crippen LogP contribution < -0.4 is 17.0 Å². The first-order valence-corrected chi connectivity index (χ1v) is 5.17. The molecule has 2 rings (SSSR count). The van der Waals surface area contributed by atoms with Crippen molar-refractivity contribution in [3.8, 4) is 0 Å². The first-order valence-electron chi connectivity index (χ1n) is 5.17. The van der Waals surface area contributed by atoms with Crippen molar-refractivity contribution in [2.75, 3.05) is 0 Å². The highest BCUT2D eigenvalue weighted by molar-refractivity contribution is 6.16. The first-order chi connectivity index (χ1) is 7.27. The summed E-state index contributed by atoms with van der Waals surface area (Å²) in [7, 11) is 0. The van der Waals surface area contributed by atoms with Gasteiger partial charge in [-0.15, -0.1) is 0 Å². The van der Waals surface area contributed by atoms with E-state index in [1.54, 1.807) is 0 Å². The molecular formula is C10H17N3O2.